The number of furan rings is 1. The fourth-order valence-corrected chi connectivity index (χ4v) is 3.64. The number of hydrogen-bond acceptors (Lipinski definition) is 4. The number of carbonyl (C=O) groups is 1. The quantitative estimate of drug-likeness (QED) is 0.836. The number of nitrogens with one attached hydrogen (secondary N) is 2. The summed E-state index contributed by atoms with van der Waals surface area (Å²) in [6.07, 6.45) is 2.51. The Labute approximate surface area is 134 Å². The molecule has 0 bridgehead atoms. The van der Waals surface area contributed by atoms with Crippen molar-refractivity contribution in [1.82, 2.24) is 10.0 Å². The van der Waals surface area contributed by atoms with Crippen LogP contribution in [0.2, 0.25) is 0 Å². The molecule has 2 heterocycles. The van der Waals surface area contributed by atoms with Gasteiger partial charge in [0.25, 0.3) is 0 Å². The van der Waals surface area contributed by atoms with E-state index in [2.05, 4.69) is 10.0 Å². The van der Waals surface area contributed by atoms with Crippen molar-refractivity contribution in [2.24, 2.45) is 0 Å². The van der Waals surface area contributed by atoms with Crippen molar-refractivity contribution in [2.45, 2.75) is 23.7 Å². The number of benzene rings is 1. The summed E-state index contributed by atoms with van der Waals surface area (Å²) >= 11 is 0. The molecule has 3 rings (SSSR count). The minimum Gasteiger partial charge on any atom is -0.469 e. The zero-order chi connectivity index (χ0) is 16.3. The summed E-state index contributed by atoms with van der Waals surface area (Å²) in [5.41, 5.74) is 0.970. The lowest BCUT2D eigenvalue weighted by molar-refractivity contribution is -0.119. The molecule has 1 aromatic heterocycles. The van der Waals surface area contributed by atoms with Crippen LogP contribution in [0.1, 0.15) is 23.7 Å². The van der Waals surface area contributed by atoms with Gasteiger partial charge in [-0.2, -0.15) is 0 Å². The van der Waals surface area contributed by atoms with Gasteiger partial charge in [0, 0.05) is 31.8 Å². The first-order chi connectivity index (χ1) is 11.0. The molecule has 1 aromatic carbocycles. The lowest BCUT2D eigenvalue weighted by Gasteiger charge is -2.10. The van der Waals surface area contributed by atoms with Crippen LogP contribution in [0.5, 0.6) is 0 Å². The molecule has 0 radical (unpaired) electrons. The molecule has 6 nitrogen and oxygen atoms in total. The average Bonchev–Trinajstić information content (AvgIpc) is 3.19. The smallest absolute Gasteiger partial charge is 0.240 e. The summed E-state index contributed by atoms with van der Waals surface area (Å²) in [4.78, 5) is 11.5. The second kappa shape index (κ2) is 6.55. The summed E-state index contributed by atoms with van der Waals surface area (Å²) in [6.45, 7) is 0.880. The zero-order valence-electron chi connectivity index (χ0n) is 12.5. The third-order valence-electron chi connectivity index (χ3n) is 3.88. The van der Waals surface area contributed by atoms with Gasteiger partial charge in [0.2, 0.25) is 15.9 Å². The van der Waals surface area contributed by atoms with Crippen LogP contribution in [0.3, 0.4) is 0 Å². The Morgan fingerprint density at radius 3 is 2.61 bits per heavy atom. The van der Waals surface area contributed by atoms with Crippen LogP contribution in [-0.4, -0.2) is 27.4 Å². The molecule has 1 aliphatic heterocycles. The third kappa shape index (κ3) is 3.80. The summed E-state index contributed by atoms with van der Waals surface area (Å²) in [5.74, 6) is 0.888. The SMILES string of the molecule is O=C1CC(c2ccc(S(=O)(=O)NCCc3ccco3)cc2)CN1. The first kappa shape index (κ1) is 15.8. The van der Waals surface area contributed by atoms with Gasteiger partial charge in [0.15, 0.2) is 0 Å². The third-order valence-corrected chi connectivity index (χ3v) is 5.36. The molecule has 0 aliphatic carbocycles. The maximum Gasteiger partial charge on any atom is 0.240 e. The van der Waals surface area contributed by atoms with Crippen LogP contribution in [0, 0.1) is 0 Å². The lowest BCUT2D eigenvalue weighted by atomic mass is 9.99. The predicted octanol–water partition coefficient (Wildman–Crippen LogP) is 1.40. The van der Waals surface area contributed by atoms with E-state index in [9.17, 15) is 13.2 Å². The highest BCUT2D eigenvalue weighted by Gasteiger charge is 2.23. The zero-order valence-corrected chi connectivity index (χ0v) is 13.3. The number of carbonyl (C=O) groups excluding carboxylic acids is 1. The van der Waals surface area contributed by atoms with Gasteiger partial charge < -0.3 is 9.73 Å². The molecule has 0 spiro atoms. The lowest BCUT2D eigenvalue weighted by Crippen LogP contribution is -2.25. The highest BCUT2D eigenvalue weighted by molar-refractivity contribution is 7.89. The van der Waals surface area contributed by atoms with Crippen LogP contribution in [0.15, 0.2) is 52.0 Å². The first-order valence-electron chi connectivity index (χ1n) is 7.43. The fraction of sp³-hybridized carbons (Fsp3) is 0.312. The highest BCUT2D eigenvalue weighted by atomic mass is 32.2. The average molecular weight is 334 g/mol. The van der Waals surface area contributed by atoms with Crippen LogP contribution >= 0.6 is 0 Å². The van der Waals surface area contributed by atoms with Crippen molar-refractivity contribution >= 4 is 15.9 Å². The van der Waals surface area contributed by atoms with E-state index in [0.717, 1.165) is 11.3 Å². The number of hydrogen-bond donors (Lipinski definition) is 2. The minimum absolute atomic E-state index is 0.0336. The van der Waals surface area contributed by atoms with Gasteiger partial charge in [0.1, 0.15) is 5.76 Å². The summed E-state index contributed by atoms with van der Waals surface area (Å²) in [7, 11) is -3.54. The van der Waals surface area contributed by atoms with E-state index < -0.39 is 10.0 Å². The maximum absolute atomic E-state index is 12.2. The molecule has 1 unspecified atom stereocenters. The van der Waals surface area contributed by atoms with Gasteiger partial charge in [-0.25, -0.2) is 13.1 Å². The molecule has 1 amide bonds. The predicted molar refractivity (Wildman–Crippen MR) is 84.4 cm³/mol. The molecule has 122 valence electrons. The minimum atomic E-state index is -3.54. The number of sulfonamides is 1. The summed E-state index contributed by atoms with van der Waals surface area (Å²) in [6, 6.07) is 10.3. The Bertz CT molecular complexity index is 767. The van der Waals surface area contributed by atoms with Gasteiger partial charge in [-0.05, 0) is 29.8 Å². The Morgan fingerprint density at radius 2 is 2.00 bits per heavy atom. The van der Waals surface area contributed by atoms with E-state index >= 15 is 0 Å². The summed E-state index contributed by atoms with van der Waals surface area (Å²) < 4.78 is 32.2. The molecule has 23 heavy (non-hydrogen) atoms. The van der Waals surface area contributed by atoms with Gasteiger partial charge in [-0.1, -0.05) is 12.1 Å². The second-order valence-corrected chi connectivity index (χ2v) is 7.27. The molecule has 0 saturated carbocycles. The molecule has 1 saturated heterocycles. The van der Waals surface area contributed by atoms with Gasteiger partial charge in [-0.3, -0.25) is 4.79 Å². The van der Waals surface area contributed by atoms with Crippen molar-refractivity contribution in [3.8, 4) is 0 Å². The van der Waals surface area contributed by atoms with Crippen molar-refractivity contribution < 1.29 is 17.6 Å². The van der Waals surface area contributed by atoms with Gasteiger partial charge >= 0.3 is 0 Å². The van der Waals surface area contributed by atoms with E-state index in [1.165, 1.54) is 0 Å². The molecule has 7 heteroatoms. The molecule has 1 aliphatic rings. The van der Waals surface area contributed by atoms with Crippen molar-refractivity contribution in [3.63, 3.8) is 0 Å². The largest absolute Gasteiger partial charge is 0.469 e. The maximum atomic E-state index is 12.2. The van der Waals surface area contributed by atoms with Gasteiger partial charge in [0.05, 0.1) is 11.2 Å². The molecular formula is C16H18N2O4S. The van der Waals surface area contributed by atoms with Crippen molar-refractivity contribution in [1.29, 1.82) is 0 Å². The Kier molecular flexibility index (Phi) is 4.49. The van der Waals surface area contributed by atoms with Crippen LogP contribution in [-0.2, 0) is 21.2 Å². The molecule has 2 aromatic rings. The Morgan fingerprint density at radius 1 is 1.22 bits per heavy atom. The van der Waals surface area contributed by atoms with E-state index in [1.807, 2.05) is 0 Å². The molecule has 1 fully saturated rings. The topological polar surface area (TPSA) is 88.4 Å². The van der Waals surface area contributed by atoms with Gasteiger partial charge in [-0.15, -0.1) is 0 Å². The standard InChI is InChI=1S/C16H18N2O4S/c19-16-10-13(11-17-16)12-3-5-15(6-4-12)23(20,21)18-8-7-14-2-1-9-22-14/h1-6,9,13,18H,7-8,10-11H2,(H,17,19). The number of amides is 1. The van der Waals surface area contributed by atoms with E-state index in [-0.39, 0.29) is 23.3 Å². The van der Waals surface area contributed by atoms with Crippen LogP contribution in [0.4, 0.5) is 0 Å². The second-order valence-electron chi connectivity index (χ2n) is 5.50. The van der Waals surface area contributed by atoms with Crippen molar-refractivity contribution in [2.75, 3.05) is 13.1 Å². The normalized spacial score (nSPS) is 18.1. The first-order valence-corrected chi connectivity index (χ1v) is 8.91. The van der Waals surface area contributed by atoms with E-state index in [1.54, 1.807) is 42.7 Å². The van der Waals surface area contributed by atoms with Crippen LogP contribution < -0.4 is 10.0 Å². The van der Waals surface area contributed by atoms with E-state index in [4.69, 9.17) is 4.42 Å². The van der Waals surface area contributed by atoms with E-state index in [0.29, 0.717) is 19.4 Å². The fourth-order valence-electron chi connectivity index (χ4n) is 2.61. The number of rotatable bonds is 6. The molecule has 1 atom stereocenters. The highest BCUT2D eigenvalue weighted by Crippen LogP contribution is 2.24. The van der Waals surface area contributed by atoms with Crippen molar-refractivity contribution in [3.05, 3.63) is 54.0 Å². The Hall–Kier alpha value is -2.12. The van der Waals surface area contributed by atoms with Crippen LogP contribution in [0.25, 0.3) is 0 Å². The molecular weight excluding hydrogens is 316 g/mol. The Balaban J connectivity index is 1.62. The monoisotopic (exact) mass is 334 g/mol. The molecule has 2 N–H and O–H groups in total. The summed E-state index contributed by atoms with van der Waals surface area (Å²) in [5, 5.41) is 2.78.